The second-order valence-electron chi connectivity index (χ2n) is 6.09. The van der Waals surface area contributed by atoms with E-state index in [0.29, 0.717) is 5.56 Å². The maximum absolute atomic E-state index is 9.12. The molecular formula is C18H17N3S2. The van der Waals surface area contributed by atoms with Crippen molar-refractivity contribution in [3.8, 4) is 16.5 Å². The lowest BCUT2D eigenvalue weighted by atomic mass is 9.81. The lowest BCUT2D eigenvalue weighted by Gasteiger charge is -2.36. The van der Waals surface area contributed by atoms with Gasteiger partial charge in [-0.15, -0.1) is 11.3 Å². The molecule has 0 radical (unpaired) electrons. The Bertz CT molecular complexity index is 831. The third kappa shape index (κ3) is 2.56. The molecule has 2 heterocycles. The number of nitrogens with zero attached hydrogens (tertiary/aromatic N) is 2. The summed E-state index contributed by atoms with van der Waals surface area (Å²) in [4.78, 5) is 7.50. The highest BCUT2D eigenvalue weighted by Crippen LogP contribution is 2.49. The molecule has 3 nitrogen and oxygen atoms in total. The molecule has 5 heteroatoms. The number of aryl methyl sites for hydroxylation is 1. The Morgan fingerprint density at radius 3 is 3.00 bits per heavy atom. The molecule has 4 rings (SSSR count). The Labute approximate surface area is 144 Å². The lowest BCUT2D eigenvalue weighted by Crippen LogP contribution is -2.33. The summed E-state index contributed by atoms with van der Waals surface area (Å²) >= 11 is 3.50. The smallest absolute Gasteiger partial charge is 0.154 e. The summed E-state index contributed by atoms with van der Waals surface area (Å²) in [6.45, 7) is 0. The van der Waals surface area contributed by atoms with Crippen molar-refractivity contribution >= 4 is 28.3 Å². The van der Waals surface area contributed by atoms with Gasteiger partial charge in [0.2, 0.25) is 0 Å². The molecule has 2 N–H and O–H groups in total. The van der Waals surface area contributed by atoms with Crippen molar-refractivity contribution in [2.24, 2.45) is 10.7 Å². The van der Waals surface area contributed by atoms with E-state index in [1.807, 2.05) is 29.5 Å². The van der Waals surface area contributed by atoms with Gasteiger partial charge in [-0.3, -0.25) is 4.99 Å². The Hall–Kier alpha value is -1.77. The van der Waals surface area contributed by atoms with Gasteiger partial charge in [0.15, 0.2) is 5.17 Å². The van der Waals surface area contributed by atoms with Gasteiger partial charge in [0.25, 0.3) is 0 Å². The highest BCUT2D eigenvalue weighted by atomic mass is 32.2. The first-order chi connectivity index (χ1) is 11.2. The Morgan fingerprint density at radius 1 is 1.26 bits per heavy atom. The molecule has 116 valence electrons. The van der Waals surface area contributed by atoms with E-state index in [-0.39, 0.29) is 5.54 Å². The van der Waals surface area contributed by atoms with Gasteiger partial charge in [0.1, 0.15) is 0 Å². The number of aliphatic imine (C=N–C) groups is 1. The van der Waals surface area contributed by atoms with Crippen LogP contribution in [0.3, 0.4) is 0 Å². The molecule has 0 saturated carbocycles. The standard InChI is InChI=1S/C18H17N3S2/c19-11-12-3-1-4-13(9-12)15-10-14-5-2-6-18(16(14)23-15)7-8-22-17(20)21-18/h1,3-4,9-10H,2,5-8H2,(H2,20,21). The number of benzene rings is 1. The van der Waals surface area contributed by atoms with E-state index in [9.17, 15) is 0 Å². The van der Waals surface area contributed by atoms with Gasteiger partial charge in [0.05, 0.1) is 17.2 Å². The number of nitrogens with two attached hydrogens (primary N) is 1. The maximum atomic E-state index is 9.12. The molecule has 1 aromatic heterocycles. The first kappa shape index (κ1) is 14.8. The zero-order valence-electron chi connectivity index (χ0n) is 12.7. The van der Waals surface area contributed by atoms with Gasteiger partial charge in [0, 0.05) is 15.5 Å². The summed E-state index contributed by atoms with van der Waals surface area (Å²) in [5, 5.41) is 9.85. The highest BCUT2D eigenvalue weighted by molar-refractivity contribution is 8.13. The predicted octanol–water partition coefficient (Wildman–Crippen LogP) is 4.27. The van der Waals surface area contributed by atoms with Crippen LogP contribution in [0.4, 0.5) is 0 Å². The van der Waals surface area contributed by atoms with Gasteiger partial charge in [-0.05, 0) is 55.0 Å². The van der Waals surface area contributed by atoms with E-state index in [2.05, 4.69) is 18.2 Å². The molecule has 0 fully saturated rings. The van der Waals surface area contributed by atoms with Crippen molar-refractivity contribution in [2.45, 2.75) is 31.2 Å². The Balaban J connectivity index is 1.81. The van der Waals surface area contributed by atoms with Crippen molar-refractivity contribution in [3.63, 3.8) is 0 Å². The highest BCUT2D eigenvalue weighted by Gasteiger charge is 2.40. The van der Waals surface area contributed by atoms with E-state index in [1.54, 1.807) is 11.8 Å². The van der Waals surface area contributed by atoms with E-state index < -0.39 is 0 Å². The maximum Gasteiger partial charge on any atom is 0.154 e. The van der Waals surface area contributed by atoms with Crippen LogP contribution >= 0.6 is 23.1 Å². The molecule has 1 aliphatic carbocycles. The average Bonchev–Trinajstić information content (AvgIpc) is 3.01. The van der Waals surface area contributed by atoms with E-state index in [1.165, 1.54) is 21.7 Å². The van der Waals surface area contributed by atoms with Crippen LogP contribution in [0, 0.1) is 11.3 Å². The SMILES string of the molecule is N#Cc1cccc(-c2cc3c(s2)C2(CCC3)CCSC(N)=N2)c1. The molecule has 0 saturated heterocycles. The van der Waals surface area contributed by atoms with Crippen LogP contribution < -0.4 is 5.73 Å². The number of hydrogen-bond donors (Lipinski definition) is 1. The van der Waals surface area contributed by atoms with Gasteiger partial charge in [-0.2, -0.15) is 5.26 Å². The van der Waals surface area contributed by atoms with Gasteiger partial charge in [-0.25, -0.2) is 0 Å². The second kappa shape index (κ2) is 5.70. The molecule has 2 aromatic rings. The quantitative estimate of drug-likeness (QED) is 0.844. The minimum absolute atomic E-state index is 0.0985. The molecule has 23 heavy (non-hydrogen) atoms. The van der Waals surface area contributed by atoms with Gasteiger partial charge < -0.3 is 5.73 Å². The van der Waals surface area contributed by atoms with Gasteiger partial charge in [-0.1, -0.05) is 23.9 Å². The summed E-state index contributed by atoms with van der Waals surface area (Å²) in [6, 6.07) is 12.4. The molecule has 0 amide bonds. The fourth-order valence-electron chi connectivity index (χ4n) is 3.55. The van der Waals surface area contributed by atoms with Crippen molar-refractivity contribution < 1.29 is 0 Å². The molecule has 2 aliphatic rings. The molecule has 1 unspecified atom stereocenters. The fraction of sp³-hybridized carbons (Fsp3) is 0.333. The summed E-state index contributed by atoms with van der Waals surface area (Å²) in [7, 11) is 0. The van der Waals surface area contributed by atoms with Crippen LogP contribution in [-0.4, -0.2) is 10.9 Å². The zero-order valence-corrected chi connectivity index (χ0v) is 14.3. The van der Waals surface area contributed by atoms with Crippen molar-refractivity contribution in [3.05, 3.63) is 46.3 Å². The molecule has 1 aliphatic heterocycles. The largest absolute Gasteiger partial charge is 0.379 e. The van der Waals surface area contributed by atoms with E-state index in [0.717, 1.165) is 35.7 Å². The fourth-order valence-corrected chi connectivity index (χ4v) is 5.83. The first-order valence-electron chi connectivity index (χ1n) is 7.82. The summed E-state index contributed by atoms with van der Waals surface area (Å²) in [5.41, 5.74) is 9.19. The number of amidine groups is 1. The number of thioether (sulfide) groups is 1. The molecule has 1 aromatic carbocycles. The Morgan fingerprint density at radius 2 is 2.17 bits per heavy atom. The van der Waals surface area contributed by atoms with Crippen molar-refractivity contribution in [1.29, 1.82) is 5.26 Å². The van der Waals surface area contributed by atoms with E-state index >= 15 is 0 Å². The Kier molecular flexibility index (Phi) is 3.67. The van der Waals surface area contributed by atoms with Crippen molar-refractivity contribution in [1.82, 2.24) is 0 Å². The van der Waals surface area contributed by atoms with Crippen LogP contribution in [0.2, 0.25) is 0 Å². The zero-order chi connectivity index (χ0) is 15.9. The number of thiophene rings is 1. The van der Waals surface area contributed by atoms with E-state index in [4.69, 9.17) is 16.0 Å². The van der Waals surface area contributed by atoms with Crippen LogP contribution in [0.15, 0.2) is 35.3 Å². The number of nitriles is 1. The molecule has 0 bridgehead atoms. The lowest BCUT2D eigenvalue weighted by molar-refractivity contribution is 0.373. The second-order valence-corrected chi connectivity index (χ2v) is 8.26. The van der Waals surface area contributed by atoms with Crippen molar-refractivity contribution in [2.75, 3.05) is 5.75 Å². The van der Waals surface area contributed by atoms with Crippen LogP contribution in [-0.2, 0) is 12.0 Å². The normalized spacial score (nSPS) is 23.2. The summed E-state index contributed by atoms with van der Waals surface area (Å²) < 4.78 is 0. The topological polar surface area (TPSA) is 62.2 Å². The molecular weight excluding hydrogens is 322 g/mol. The summed E-state index contributed by atoms with van der Waals surface area (Å²) in [6.07, 6.45) is 4.46. The van der Waals surface area contributed by atoms with Crippen LogP contribution in [0.25, 0.3) is 10.4 Å². The molecule has 1 atom stereocenters. The monoisotopic (exact) mass is 339 g/mol. The minimum Gasteiger partial charge on any atom is -0.379 e. The predicted molar refractivity (Wildman–Crippen MR) is 97.8 cm³/mol. The average molecular weight is 339 g/mol. The number of hydrogen-bond acceptors (Lipinski definition) is 5. The third-order valence-electron chi connectivity index (χ3n) is 4.63. The van der Waals surface area contributed by atoms with Crippen LogP contribution in [0.5, 0.6) is 0 Å². The minimum atomic E-state index is -0.0985. The summed E-state index contributed by atoms with van der Waals surface area (Å²) in [5.74, 6) is 1.05. The molecule has 1 spiro atoms. The van der Waals surface area contributed by atoms with Crippen LogP contribution in [0.1, 0.15) is 35.3 Å². The van der Waals surface area contributed by atoms with Gasteiger partial charge >= 0.3 is 0 Å². The number of fused-ring (bicyclic) bond motifs is 2. The number of rotatable bonds is 1. The first-order valence-corrected chi connectivity index (χ1v) is 9.62. The third-order valence-corrected chi connectivity index (χ3v) is 6.85.